The van der Waals surface area contributed by atoms with Gasteiger partial charge in [-0.15, -0.1) is 0 Å². The van der Waals surface area contributed by atoms with Gasteiger partial charge in [0.05, 0.1) is 17.4 Å². The molecule has 1 saturated carbocycles. The second-order valence-electron chi connectivity index (χ2n) is 5.55. The minimum Gasteiger partial charge on any atom is -0.383 e. The van der Waals surface area contributed by atoms with Crippen LogP contribution >= 0.6 is 0 Å². The first-order valence-electron chi connectivity index (χ1n) is 7.73. The standard InChI is InChI=1S/C16H25N3O/c1-3-12-5-7-13(8-6-12)19-16(20)14-9-10-17-11-15(14)18-4-2/h9-13,18H,3-8H2,1-2H3,(H,19,20). The van der Waals surface area contributed by atoms with E-state index in [0.717, 1.165) is 31.0 Å². The summed E-state index contributed by atoms with van der Waals surface area (Å²) in [6.45, 7) is 5.05. The first-order valence-corrected chi connectivity index (χ1v) is 7.73. The van der Waals surface area contributed by atoms with Crippen molar-refractivity contribution in [2.75, 3.05) is 11.9 Å². The van der Waals surface area contributed by atoms with Crippen molar-refractivity contribution in [3.05, 3.63) is 24.0 Å². The Morgan fingerprint density at radius 2 is 2.05 bits per heavy atom. The number of nitrogens with zero attached hydrogens (tertiary/aromatic N) is 1. The fraction of sp³-hybridized carbons (Fsp3) is 0.625. The van der Waals surface area contributed by atoms with E-state index in [4.69, 9.17) is 0 Å². The monoisotopic (exact) mass is 275 g/mol. The third-order valence-electron chi connectivity index (χ3n) is 4.19. The summed E-state index contributed by atoms with van der Waals surface area (Å²) in [6, 6.07) is 2.11. The van der Waals surface area contributed by atoms with Gasteiger partial charge in [0.1, 0.15) is 0 Å². The molecule has 1 heterocycles. The van der Waals surface area contributed by atoms with Crippen molar-refractivity contribution in [2.24, 2.45) is 5.92 Å². The fourth-order valence-corrected chi connectivity index (χ4v) is 2.90. The molecule has 1 aliphatic rings. The van der Waals surface area contributed by atoms with Crippen molar-refractivity contribution in [1.29, 1.82) is 0 Å². The number of hydrogen-bond donors (Lipinski definition) is 2. The summed E-state index contributed by atoms with van der Waals surface area (Å²) < 4.78 is 0. The second-order valence-corrected chi connectivity index (χ2v) is 5.55. The Bertz CT molecular complexity index is 439. The van der Waals surface area contributed by atoms with Gasteiger partial charge < -0.3 is 10.6 Å². The average molecular weight is 275 g/mol. The molecular weight excluding hydrogens is 250 g/mol. The molecule has 2 rings (SSSR count). The van der Waals surface area contributed by atoms with E-state index >= 15 is 0 Å². The van der Waals surface area contributed by atoms with Gasteiger partial charge in [0, 0.05) is 18.8 Å². The van der Waals surface area contributed by atoms with E-state index in [2.05, 4.69) is 22.5 Å². The molecule has 0 aromatic carbocycles. The Kier molecular flexibility index (Phi) is 5.39. The van der Waals surface area contributed by atoms with Crippen LogP contribution in [0.2, 0.25) is 0 Å². The molecule has 2 N–H and O–H groups in total. The third-order valence-corrected chi connectivity index (χ3v) is 4.19. The Morgan fingerprint density at radius 1 is 1.30 bits per heavy atom. The molecule has 0 saturated heterocycles. The highest BCUT2D eigenvalue weighted by atomic mass is 16.1. The Hall–Kier alpha value is -1.58. The normalized spacial score (nSPS) is 22.3. The number of amides is 1. The third kappa shape index (κ3) is 3.71. The highest BCUT2D eigenvalue weighted by molar-refractivity contribution is 5.99. The molecule has 1 fully saturated rings. The number of anilines is 1. The Morgan fingerprint density at radius 3 is 2.70 bits per heavy atom. The number of aromatic nitrogens is 1. The first kappa shape index (κ1) is 14.8. The second kappa shape index (κ2) is 7.27. The van der Waals surface area contributed by atoms with Crippen molar-refractivity contribution in [3.8, 4) is 0 Å². The van der Waals surface area contributed by atoms with E-state index in [-0.39, 0.29) is 5.91 Å². The topological polar surface area (TPSA) is 54.0 Å². The predicted molar refractivity (Wildman–Crippen MR) is 81.9 cm³/mol. The van der Waals surface area contributed by atoms with Crippen LogP contribution in [0.1, 0.15) is 56.3 Å². The van der Waals surface area contributed by atoms with Crippen LogP contribution in [0.3, 0.4) is 0 Å². The van der Waals surface area contributed by atoms with Gasteiger partial charge in [-0.25, -0.2) is 0 Å². The van der Waals surface area contributed by atoms with Crippen LogP contribution in [0, 0.1) is 5.92 Å². The summed E-state index contributed by atoms with van der Waals surface area (Å²) >= 11 is 0. The molecule has 4 heteroatoms. The lowest BCUT2D eigenvalue weighted by Crippen LogP contribution is -2.37. The van der Waals surface area contributed by atoms with Crippen LogP contribution in [0.25, 0.3) is 0 Å². The summed E-state index contributed by atoms with van der Waals surface area (Å²) in [5.74, 6) is 0.865. The van der Waals surface area contributed by atoms with E-state index in [9.17, 15) is 4.79 Å². The number of hydrogen-bond acceptors (Lipinski definition) is 3. The molecule has 0 spiro atoms. The Labute approximate surface area is 121 Å². The first-order chi connectivity index (χ1) is 9.74. The van der Waals surface area contributed by atoms with E-state index < -0.39 is 0 Å². The number of nitrogens with one attached hydrogen (secondary N) is 2. The molecule has 0 atom stereocenters. The summed E-state index contributed by atoms with van der Waals surface area (Å²) in [5, 5.41) is 6.36. The maximum Gasteiger partial charge on any atom is 0.253 e. The smallest absolute Gasteiger partial charge is 0.253 e. The molecule has 0 aliphatic heterocycles. The van der Waals surface area contributed by atoms with Crippen LogP contribution in [-0.4, -0.2) is 23.5 Å². The lowest BCUT2D eigenvalue weighted by Gasteiger charge is -2.28. The maximum atomic E-state index is 12.4. The van der Waals surface area contributed by atoms with Crippen molar-refractivity contribution in [1.82, 2.24) is 10.3 Å². The summed E-state index contributed by atoms with van der Waals surface area (Å²) in [4.78, 5) is 16.5. The largest absolute Gasteiger partial charge is 0.383 e. The van der Waals surface area contributed by atoms with Gasteiger partial charge in [-0.05, 0) is 44.6 Å². The molecule has 1 aliphatic carbocycles. The van der Waals surface area contributed by atoms with Crippen molar-refractivity contribution < 1.29 is 4.79 Å². The molecule has 110 valence electrons. The van der Waals surface area contributed by atoms with E-state index in [1.165, 1.54) is 19.3 Å². The van der Waals surface area contributed by atoms with Gasteiger partial charge in [-0.2, -0.15) is 0 Å². The van der Waals surface area contributed by atoms with Crippen molar-refractivity contribution in [3.63, 3.8) is 0 Å². The molecule has 1 aromatic heterocycles. The van der Waals surface area contributed by atoms with Crippen molar-refractivity contribution >= 4 is 11.6 Å². The zero-order valence-corrected chi connectivity index (χ0v) is 12.5. The van der Waals surface area contributed by atoms with Crippen molar-refractivity contribution in [2.45, 2.75) is 52.0 Å². The predicted octanol–water partition coefficient (Wildman–Crippen LogP) is 3.21. The molecule has 4 nitrogen and oxygen atoms in total. The summed E-state index contributed by atoms with van der Waals surface area (Å²) in [7, 11) is 0. The van der Waals surface area contributed by atoms with Gasteiger partial charge in [-0.3, -0.25) is 9.78 Å². The molecular formula is C16H25N3O. The minimum atomic E-state index is 0.0169. The van der Waals surface area contributed by atoms with Crippen LogP contribution in [0.15, 0.2) is 18.5 Å². The minimum absolute atomic E-state index is 0.0169. The summed E-state index contributed by atoms with van der Waals surface area (Å²) in [6.07, 6.45) is 9.32. The van der Waals surface area contributed by atoms with E-state index in [1.807, 2.05) is 6.92 Å². The molecule has 1 aromatic rings. The van der Waals surface area contributed by atoms with Gasteiger partial charge >= 0.3 is 0 Å². The van der Waals surface area contributed by atoms with Crippen LogP contribution < -0.4 is 10.6 Å². The van der Waals surface area contributed by atoms with Gasteiger partial charge in [0.2, 0.25) is 0 Å². The zero-order chi connectivity index (χ0) is 14.4. The lowest BCUT2D eigenvalue weighted by atomic mass is 9.84. The maximum absolute atomic E-state index is 12.4. The fourth-order valence-electron chi connectivity index (χ4n) is 2.90. The zero-order valence-electron chi connectivity index (χ0n) is 12.5. The SMILES string of the molecule is CCNc1cnccc1C(=O)NC1CCC(CC)CC1. The number of carbonyl (C=O) groups excluding carboxylic acids is 1. The summed E-state index contributed by atoms with van der Waals surface area (Å²) in [5.41, 5.74) is 1.51. The number of rotatable bonds is 5. The number of carbonyl (C=O) groups is 1. The van der Waals surface area contributed by atoms with Crippen LogP contribution in [-0.2, 0) is 0 Å². The Balaban J connectivity index is 1.95. The number of pyridine rings is 1. The van der Waals surface area contributed by atoms with Gasteiger partial charge in [0.25, 0.3) is 5.91 Å². The van der Waals surface area contributed by atoms with Crippen LogP contribution in [0.4, 0.5) is 5.69 Å². The highest BCUT2D eigenvalue weighted by Crippen LogP contribution is 2.26. The van der Waals surface area contributed by atoms with E-state index in [0.29, 0.717) is 11.6 Å². The quantitative estimate of drug-likeness (QED) is 0.867. The molecule has 1 amide bonds. The van der Waals surface area contributed by atoms with Crippen LogP contribution in [0.5, 0.6) is 0 Å². The average Bonchev–Trinajstić information content (AvgIpc) is 2.49. The molecule has 0 unspecified atom stereocenters. The van der Waals surface area contributed by atoms with E-state index in [1.54, 1.807) is 18.5 Å². The highest BCUT2D eigenvalue weighted by Gasteiger charge is 2.22. The lowest BCUT2D eigenvalue weighted by molar-refractivity contribution is 0.0922. The molecule has 20 heavy (non-hydrogen) atoms. The molecule has 0 radical (unpaired) electrons. The molecule has 0 bridgehead atoms. The van der Waals surface area contributed by atoms with Gasteiger partial charge in [0.15, 0.2) is 0 Å². The van der Waals surface area contributed by atoms with Gasteiger partial charge in [-0.1, -0.05) is 13.3 Å².